The van der Waals surface area contributed by atoms with Gasteiger partial charge in [0.2, 0.25) is 0 Å². The molecule has 0 fully saturated rings. The van der Waals surface area contributed by atoms with Crippen LogP contribution < -0.4 is 0 Å². The Morgan fingerprint density at radius 1 is 0.286 bits per heavy atom. The summed E-state index contributed by atoms with van der Waals surface area (Å²) in [4.78, 5) is 38.0. The van der Waals surface area contributed by atoms with Gasteiger partial charge in [0.1, 0.15) is 13.2 Å². The molecule has 0 radical (unpaired) electrons. The number of rotatable bonds is 57. The predicted octanol–water partition coefficient (Wildman–Crippen LogP) is 20.8. The van der Waals surface area contributed by atoms with Crippen molar-refractivity contribution >= 4 is 17.9 Å². The first-order valence-corrected chi connectivity index (χ1v) is 31.0. The molecule has 0 aromatic heterocycles. The van der Waals surface area contributed by atoms with E-state index in [0.717, 1.165) is 77.0 Å². The van der Waals surface area contributed by atoms with E-state index in [9.17, 15) is 14.4 Å². The molecular weight excluding hydrogens is 865 g/mol. The van der Waals surface area contributed by atoms with Gasteiger partial charge in [0, 0.05) is 19.3 Å². The maximum absolute atomic E-state index is 12.8. The Morgan fingerprint density at radius 3 is 0.800 bits per heavy atom. The molecule has 0 N–H and O–H groups in total. The van der Waals surface area contributed by atoms with Gasteiger partial charge in [-0.2, -0.15) is 0 Å². The van der Waals surface area contributed by atoms with Crippen LogP contribution in [0.5, 0.6) is 0 Å². The summed E-state index contributed by atoms with van der Waals surface area (Å²) in [7, 11) is 0. The molecule has 0 aliphatic rings. The third-order valence-corrected chi connectivity index (χ3v) is 13.9. The fourth-order valence-corrected chi connectivity index (χ4v) is 9.22. The van der Waals surface area contributed by atoms with Crippen molar-refractivity contribution in [2.24, 2.45) is 0 Å². The summed E-state index contributed by atoms with van der Waals surface area (Å²) < 4.78 is 16.8. The first-order valence-electron chi connectivity index (χ1n) is 31.0. The average molecular weight is 984 g/mol. The summed E-state index contributed by atoms with van der Waals surface area (Å²) >= 11 is 0. The lowest BCUT2D eigenvalue weighted by Gasteiger charge is -2.18. The van der Waals surface area contributed by atoms with Crippen molar-refractivity contribution < 1.29 is 28.6 Å². The van der Waals surface area contributed by atoms with Crippen LogP contribution in [-0.2, 0) is 28.6 Å². The fraction of sp³-hybridized carbons (Fsp3) is 0.859. The van der Waals surface area contributed by atoms with Crippen molar-refractivity contribution in [3.63, 3.8) is 0 Å². The molecule has 0 spiro atoms. The monoisotopic (exact) mass is 983 g/mol. The predicted molar refractivity (Wildman–Crippen MR) is 302 cm³/mol. The lowest BCUT2D eigenvalue weighted by atomic mass is 10.0. The van der Waals surface area contributed by atoms with Crippen LogP contribution in [0.1, 0.15) is 335 Å². The van der Waals surface area contributed by atoms with E-state index >= 15 is 0 Å². The number of hydrogen-bond donors (Lipinski definition) is 0. The lowest BCUT2D eigenvalue weighted by Crippen LogP contribution is -2.30. The van der Waals surface area contributed by atoms with E-state index in [2.05, 4.69) is 57.2 Å². The number of allylic oxidation sites excluding steroid dienone is 6. The van der Waals surface area contributed by atoms with Gasteiger partial charge in [0.25, 0.3) is 0 Å². The van der Waals surface area contributed by atoms with E-state index in [-0.39, 0.29) is 31.1 Å². The van der Waals surface area contributed by atoms with Gasteiger partial charge in [-0.25, -0.2) is 0 Å². The summed E-state index contributed by atoms with van der Waals surface area (Å²) in [6, 6.07) is 0. The summed E-state index contributed by atoms with van der Waals surface area (Å²) in [5, 5.41) is 0. The quantitative estimate of drug-likeness (QED) is 0.0261. The van der Waals surface area contributed by atoms with Crippen LogP contribution in [0.3, 0.4) is 0 Å². The van der Waals surface area contributed by atoms with Gasteiger partial charge in [-0.3, -0.25) is 14.4 Å². The van der Waals surface area contributed by atoms with Crippen molar-refractivity contribution in [2.45, 2.75) is 341 Å². The SMILES string of the molecule is CCCCCCC/C=C\C/C=C\C/C=C\CCCCCCCCCCC(=O)OCC(COC(=O)CCCCCCCC)OC(=O)CCCCCCCCCCCCCCCCCCCCCCCCC. The largest absolute Gasteiger partial charge is 0.462 e. The van der Waals surface area contributed by atoms with Crippen molar-refractivity contribution in [1.29, 1.82) is 0 Å². The van der Waals surface area contributed by atoms with Crippen molar-refractivity contribution in [3.8, 4) is 0 Å². The van der Waals surface area contributed by atoms with E-state index in [0.29, 0.717) is 19.3 Å². The van der Waals surface area contributed by atoms with Crippen LogP contribution in [0.15, 0.2) is 36.5 Å². The van der Waals surface area contributed by atoms with Gasteiger partial charge >= 0.3 is 17.9 Å². The molecule has 6 heteroatoms. The summed E-state index contributed by atoms with van der Waals surface area (Å²) in [5.74, 6) is -0.869. The van der Waals surface area contributed by atoms with Crippen LogP contribution in [-0.4, -0.2) is 37.2 Å². The Hall–Kier alpha value is -2.37. The normalized spacial score (nSPS) is 12.2. The highest BCUT2D eigenvalue weighted by Crippen LogP contribution is 2.17. The van der Waals surface area contributed by atoms with Crippen LogP contribution in [0, 0.1) is 0 Å². The molecule has 0 aliphatic carbocycles. The molecule has 1 atom stereocenters. The molecule has 1 unspecified atom stereocenters. The summed E-state index contributed by atoms with van der Waals surface area (Å²) in [6.45, 7) is 6.61. The molecule has 0 rings (SSSR count). The molecule has 70 heavy (non-hydrogen) atoms. The number of esters is 3. The van der Waals surface area contributed by atoms with E-state index in [4.69, 9.17) is 14.2 Å². The number of ether oxygens (including phenoxy) is 3. The molecule has 0 amide bonds. The van der Waals surface area contributed by atoms with Gasteiger partial charge in [-0.1, -0.05) is 295 Å². The zero-order valence-corrected chi connectivity index (χ0v) is 47.1. The smallest absolute Gasteiger partial charge is 0.306 e. The molecule has 0 bridgehead atoms. The number of hydrogen-bond acceptors (Lipinski definition) is 6. The first-order chi connectivity index (χ1) is 34.5. The molecule has 6 nitrogen and oxygen atoms in total. The van der Waals surface area contributed by atoms with E-state index in [1.165, 1.54) is 218 Å². The Morgan fingerprint density at radius 2 is 0.514 bits per heavy atom. The Labute approximate surface area is 435 Å². The zero-order valence-electron chi connectivity index (χ0n) is 47.1. The average Bonchev–Trinajstić information content (AvgIpc) is 3.36. The molecular formula is C64H118O6. The summed E-state index contributed by atoms with van der Waals surface area (Å²) in [5.41, 5.74) is 0. The molecule has 0 heterocycles. The van der Waals surface area contributed by atoms with Crippen molar-refractivity contribution in [1.82, 2.24) is 0 Å². The minimum Gasteiger partial charge on any atom is -0.462 e. The third-order valence-electron chi connectivity index (χ3n) is 13.9. The van der Waals surface area contributed by atoms with Crippen LogP contribution in [0.2, 0.25) is 0 Å². The second-order valence-electron chi connectivity index (χ2n) is 21.0. The Bertz CT molecular complexity index is 1170. The van der Waals surface area contributed by atoms with Gasteiger partial charge < -0.3 is 14.2 Å². The van der Waals surface area contributed by atoms with Crippen molar-refractivity contribution in [3.05, 3.63) is 36.5 Å². The van der Waals surface area contributed by atoms with E-state index in [1.54, 1.807) is 0 Å². The summed E-state index contributed by atoms with van der Waals surface area (Å²) in [6.07, 6.45) is 71.8. The highest BCUT2D eigenvalue weighted by Gasteiger charge is 2.19. The van der Waals surface area contributed by atoms with Crippen LogP contribution >= 0.6 is 0 Å². The molecule has 410 valence electrons. The van der Waals surface area contributed by atoms with E-state index in [1.807, 2.05) is 0 Å². The van der Waals surface area contributed by atoms with Crippen LogP contribution in [0.25, 0.3) is 0 Å². The third kappa shape index (κ3) is 56.5. The fourth-order valence-electron chi connectivity index (χ4n) is 9.22. The molecule has 0 aliphatic heterocycles. The van der Waals surface area contributed by atoms with Gasteiger partial charge in [0.05, 0.1) is 0 Å². The first kappa shape index (κ1) is 67.6. The van der Waals surface area contributed by atoms with Crippen molar-refractivity contribution in [2.75, 3.05) is 13.2 Å². The minimum absolute atomic E-state index is 0.0713. The second-order valence-corrected chi connectivity index (χ2v) is 21.0. The number of unbranched alkanes of at least 4 members (excludes halogenated alkanes) is 40. The zero-order chi connectivity index (χ0) is 50.7. The Balaban J connectivity index is 4.09. The van der Waals surface area contributed by atoms with Crippen LogP contribution in [0.4, 0.5) is 0 Å². The molecule has 0 aromatic carbocycles. The number of carbonyl (C=O) groups is 3. The minimum atomic E-state index is -0.770. The van der Waals surface area contributed by atoms with E-state index < -0.39 is 6.10 Å². The second kappa shape index (κ2) is 59.2. The van der Waals surface area contributed by atoms with Gasteiger partial charge in [-0.05, 0) is 57.8 Å². The number of carbonyl (C=O) groups excluding carboxylic acids is 3. The molecule has 0 saturated carbocycles. The maximum atomic E-state index is 12.8. The van der Waals surface area contributed by atoms with Gasteiger partial charge in [0.15, 0.2) is 6.10 Å². The highest BCUT2D eigenvalue weighted by molar-refractivity contribution is 5.71. The molecule has 0 aromatic rings. The molecule has 0 saturated heterocycles. The topological polar surface area (TPSA) is 78.9 Å². The highest BCUT2D eigenvalue weighted by atomic mass is 16.6. The Kier molecular flexibility index (Phi) is 57.2. The maximum Gasteiger partial charge on any atom is 0.306 e. The lowest BCUT2D eigenvalue weighted by molar-refractivity contribution is -0.167. The standard InChI is InChI=1S/C64H118O6/c1-4-7-10-13-16-18-20-22-24-26-28-30-32-34-36-38-40-42-44-46-48-51-54-57-63(66)69-60-61(59-68-62(65)56-53-50-15-12-9-6-3)70-64(67)58-55-52-49-47-45-43-41-39-37-35-33-31-29-27-25-23-21-19-17-14-11-8-5-2/h20,22,26,28,32,34,61H,4-19,21,23-25,27,29-31,33,35-60H2,1-3H3/b22-20-,28-26-,34-32-. The van der Waals surface area contributed by atoms with Gasteiger partial charge in [-0.15, -0.1) is 0 Å².